The van der Waals surface area contributed by atoms with Crippen molar-refractivity contribution in [3.63, 3.8) is 0 Å². The van der Waals surface area contributed by atoms with E-state index in [1.165, 1.54) is 0 Å². The molecule has 1 aromatic carbocycles. The maximum Gasteiger partial charge on any atom is 0.320 e. The van der Waals surface area contributed by atoms with Crippen molar-refractivity contribution in [3.8, 4) is 0 Å². The van der Waals surface area contributed by atoms with E-state index < -0.39 is 12.0 Å². The summed E-state index contributed by atoms with van der Waals surface area (Å²) >= 11 is 0. The Morgan fingerprint density at radius 2 is 2.00 bits per heavy atom. The van der Waals surface area contributed by atoms with Crippen molar-refractivity contribution in [3.05, 3.63) is 35.9 Å². The van der Waals surface area contributed by atoms with Gasteiger partial charge < -0.3 is 10.4 Å². The zero-order valence-electron chi connectivity index (χ0n) is 7.93. The van der Waals surface area contributed by atoms with Crippen LogP contribution in [0.1, 0.15) is 12.5 Å². The monoisotopic (exact) mass is 215 g/mol. The molecule has 0 amide bonds. The summed E-state index contributed by atoms with van der Waals surface area (Å²) in [5.74, 6) is -0.823. The van der Waals surface area contributed by atoms with E-state index in [-0.39, 0.29) is 12.4 Å². The van der Waals surface area contributed by atoms with Gasteiger partial charge in [-0.25, -0.2) is 0 Å². The molecule has 2 N–H and O–H groups in total. The fraction of sp³-hybridized carbons (Fsp3) is 0.300. The molecular formula is C10H14ClNO2. The van der Waals surface area contributed by atoms with Crippen LogP contribution in [0.4, 0.5) is 0 Å². The van der Waals surface area contributed by atoms with Gasteiger partial charge in [-0.05, 0) is 12.5 Å². The first-order chi connectivity index (χ1) is 6.20. The number of benzene rings is 1. The fourth-order valence-electron chi connectivity index (χ4n) is 0.954. The van der Waals surface area contributed by atoms with E-state index in [2.05, 4.69) is 5.32 Å². The minimum Gasteiger partial charge on any atom is -0.480 e. The van der Waals surface area contributed by atoms with E-state index in [4.69, 9.17) is 5.11 Å². The summed E-state index contributed by atoms with van der Waals surface area (Å²) in [7, 11) is 0. The summed E-state index contributed by atoms with van der Waals surface area (Å²) in [4.78, 5) is 10.5. The lowest BCUT2D eigenvalue weighted by molar-refractivity contribution is -0.139. The molecule has 0 radical (unpaired) electrons. The lowest BCUT2D eigenvalue weighted by Crippen LogP contribution is -2.33. The van der Waals surface area contributed by atoms with E-state index >= 15 is 0 Å². The molecule has 3 nitrogen and oxygen atoms in total. The summed E-state index contributed by atoms with van der Waals surface area (Å²) in [6.45, 7) is 2.22. The highest BCUT2D eigenvalue weighted by Crippen LogP contribution is 1.97. The van der Waals surface area contributed by atoms with Crippen molar-refractivity contribution in [2.45, 2.75) is 19.5 Å². The summed E-state index contributed by atoms with van der Waals surface area (Å²) in [5.41, 5.74) is 1.09. The van der Waals surface area contributed by atoms with Crippen LogP contribution in [-0.4, -0.2) is 17.1 Å². The van der Waals surface area contributed by atoms with Crippen molar-refractivity contribution < 1.29 is 9.90 Å². The molecule has 0 saturated carbocycles. The molecule has 78 valence electrons. The molecule has 0 bridgehead atoms. The van der Waals surface area contributed by atoms with E-state index in [0.717, 1.165) is 5.56 Å². The number of carboxylic acid groups (broad SMARTS) is 1. The standard InChI is InChI=1S/C10H13NO2.ClH/c1-8(10(12)13)11-7-9-5-3-2-4-6-9;/h2-6,8,11H,7H2,1H3,(H,12,13);1H. The minimum absolute atomic E-state index is 0. The van der Waals surface area contributed by atoms with Gasteiger partial charge in [0.1, 0.15) is 6.04 Å². The van der Waals surface area contributed by atoms with Crippen LogP contribution >= 0.6 is 12.4 Å². The number of halogens is 1. The van der Waals surface area contributed by atoms with E-state index in [1.54, 1.807) is 6.92 Å². The maximum absolute atomic E-state index is 10.5. The molecule has 14 heavy (non-hydrogen) atoms. The Morgan fingerprint density at radius 1 is 1.43 bits per heavy atom. The van der Waals surface area contributed by atoms with Crippen LogP contribution in [0.15, 0.2) is 30.3 Å². The molecule has 0 aliphatic rings. The van der Waals surface area contributed by atoms with Crippen LogP contribution in [0, 0.1) is 0 Å². The molecule has 1 aromatic rings. The zero-order valence-corrected chi connectivity index (χ0v) is 8.75. The number of nitrogens with one attached hydrogen (secondary N) is 1. The summed E-state index contributed by atoms with van der Waals surface area (Å²) in [5, 5.41) is 11.5. The van der Waals surface area contributed by atoms with Gasteiger partial charge in [0.15, 0.2) is 0 Å². The quantitative estimate of drug-likeness (QED) is 0.804. The van der Waals surface area contributed by atoms with Crippen molar-refractivity contribution in [1.29, 1.82) is 0 Å². The van der Waals surface area contributed by atoms with Gasteiger partial charge in [-0.3, -0.25) is 4.79 Å². The molecule has 0 saturated heterocycles. The van der Waals surface area contributed by atoms with E-state index in [9.17, 15) is 4.79 Å². The first-order valence-corrected chi connectivity index (χ1v) is 4.20. The van der Waals surface area contributed by atoms with Crippen molar-refractivity contribution >= 4 is 18.4 Å². The minimum atomic E-state index is -0.823. The molecule has 0 fully saturated rings. The van der Waals surface area contributed by atoms with Gasteiger partial charge in [-0.1, -0.05) is 30.3 Å². The third kappa shape index (κ3) is 4.25. The van der Waals surface area contributed by atoms with Crippen LogP contribution < -0.4 is 5.32 Å². The van der Waals surface area contributed by atoms with Crippen molar-refractivity contribution in [1.82, 2.24) is 5.32 Å². The van der Waals surface area contributed by atoms with Crippen LogP contribution in [0.2, 0.25) is 0 Å². The van der Waals surface area contributed by atoms with Crippen LogP contribution in [0.3, 0.4) is 0 Å². The Morgan fingerprint density at radius 3 is 2.50 bits per heavy atom. The average Bonchev–Trinajstić information content (AvgIpc) is 2.15. The number of aliphatic carboxylic acids is 1. The van der Waals surface area contributed by atoms with Gasteiger partial charge in [0.25, 0.3) is 0 Å². The van der Waals surface area contributed by atoms with Crippen molar-refractivity contribution in [2.24, 2.45) is 0 Å². The lowest BCUT2D eigenvalue weighted by atomic mass is 10.2. The topological polar surface area (TPSA) is 49.3 Å². The number of carbonyl (C=O) groups is 1. The Hall–Kier alpha value is -1.06. The average molecular weight is 216 g/mol. The Bertz CT molecular complexity index is 277. The third-order valence-electron chi connectivity index (χ3n) is 1.83. The third-order valence-corrected chi connectivity index (χ3v) is 1.83. The summed E-state index contributed by atoms with van der Waals surface area (Å²) in [6.07, 6.45) is 0. The largest absolute Gasteiger partial charge is 0.480 e. The predicted octanol–water partition coefficient (Wildman–Crippen LogP) is 1.67. The van der Waals surface area contributed by atoms with Crippen molar-refractivity contribution in [2.75, 3.05) is 0 Å². The Balaban J connectivity index is 0.00000169. The predicted molar refractivity (Wildman–Crippen MR) is 57.6 cm³/mol. The first kappa shape index (κ1) is 12.9. The molecule has 1 rings (SSSR count). The highest BCUT2D eigenvalue weighted by atomic mass is 35.5. The Labute approximate surface area is 89.5 Å². The van der Waals surface area contributed by atoms with Crippen LogP contribution in [-0.2, 0) is 11.3 Å². The zero-order chi connectivity index (χ0) is 9.68. The molecule has 1 atom stereocenters. The molecule has 1 unspecified atom stereocenters. The second kappa shape index (κ2) is 6.40. The number of hydrogen-bond acceptors (Lipinski definition) is 2. The molecule has 0 spiro atoms. The lowest BCUT2D eigenvalue weighted by Gasteiger charge is -2.08. The van der Waals surface area contributed by atoms with Gasteiger partial charge in [-0.15, -0.1) is 12.4 Å². The molecular weight excluding hydrogens is 202 g/mol. The Kier molecular flexibility index (Phi) is 5.92. The van der Waals surface area contributed by atoms with Gasteiger partial charge in [0.2, 0.25) is 0 Å². The molecule has 0 heterocycles. The van der Waals surface area contributed by atoms with Gasteiger partial charge in [0.05, 0.1) is 0 Å². The first-order valence-electron chi connectivity index (χ1n) is 4.20. The molecule has 0 aliphatic carbocycles. The van der Waals surface area contributed by atoms with Crippen LogP contribution in [0.5, 0.6) is 0 Å². The fourth-order valence-corrected chi connectivity index (χ4v) is 0.954. The van der Waals surface area contributed by atoms with Gasteiger partial charge >= 0.3 is 5.97 Å². The number of rotatable bonds is 4. The second-order valence-electron chi connectivity index (χ2n) is 2.93. The summed E-state index contributed by atoms with van der Waals surface area (Å²) in [6, 6.07) is 9.22. The van der Waals surface area contributed by atoms with Gasteiger partial charge in [-0.2, -0.15) is 0 Å². The smallest absolute Gasteiger partial charge is 0.320 e. The molecule has 0 aliphatic heterocycles. The normalized spacial score (nSPS) is 11.5. The molecule has 4 heteroatoms. The maximum atomic E-state index is 10.5. The highest BCUT2D eigenvalue weighted by Gasteiger charge is 2.08. The SMILES string of the molecule is CC(NCc1ccccc1)C(=O)O.Cl. The number of carboxylic acids is 1. The highest BCUT2D eigenvalue weighted by molar-refractivity contribution is 5.85. The van der Waals surface area contributed by atoms with E-state index in [0.29, 0.717) is 6.54 Å². The molecule has 0 aromatic heterocycles. The number of hydrogen-bond donors (Lipinski definition) is 2. The van der Waals surface area contributed by atoms with Crippen LogP contribution in [0.25, 0.3) is 0 Å². The van der Waals surface area contributed by atoms with E-state index in [1.807, 2.05) is 30.3 Å². The summed E-state index contributed by atoms with van der Waals surface area (Å²) < 4.78 is 0. The van der Waals surface area contributed by atoms with Gasteiger partial charge in [0, 0.05) is 6.54 Å². The second-order valence-corrected chi connectivity index (χ2v) is 2.93.